The summed E-state index contributed by atoms with van der Waals surface area (Å²) >= 11 is 0. The number of likely N-dealkylation sites (N-methyl/N-ethyl adjacent to an activating group) is 2. The summed E-state index contributed by atoms with van der Waals surface area (Å²) in [6.07, 6.45) is -0.670. The van der Waals surface area contributed by atoms with Gasteiger partial charge in [0.2, 0.25) is 5.91 Å². The molecule has 1 saturated heterocycles. The number of carboxylic acid groups (broad SMARTS) is 1. The van der Waals surface area contributed by atoms with Crippen molar-refractivity contribution in [3.8, 4) is 11.1 Å². The maximum atomic E-state index is 13.2. The van der Waals surface area contributed by atoms with E-state index in [1.165, 1.54) is 4.90 Å². The third-order valence-corrected chi connectivity index (χ3v) is 6.73. The highest BCUT2D eigenvalue weighted by Crippen LogP contribution is 2.44. The molecular formula is C26H32N4O5. The molecule has 186 valence electrons. The Labute approximate surface area is 205 Å². The van der Waals surface area contributed by atoms with Crippen molar-refractivity contribution < 1.29 is 24.2 Å². The molecule has 1 fully saturated rings. The molecule has 1 unspecified atom stereocenters. The van der Waals surface area contributed by atoms with Crippen molar-refractivity contribution in [2.45, 2.75) is 18.0 Å². The molecular weight excluding hydrogens is 448 g/mol. The first-order valence-electron chi connectivity index (χ1n) is 11.7. The molecule has 2 N–H and O–H groups in total. The van der Waals surface area contributed by atoms with Crippen LogP contribution in [-0.4, -0.2) is 104 Å². The minimum absolute atomic E-state index is 0.0704. The topological polar surface area (TPSA) is 102 Å². The molecule has 2 amide bonds. The molecule has 1 aliphatic carbocycles. The average Bonchev–Trinajstić information content (AvgIpc) is 3.15. The maximum Gasteiger partial charge on any atom is 0.407 e. The lowest BCUT2D eigenvalue weighted by atomic mass is 9.98. The van der Waals surface area contributed by atoms with Crippen molar-refractivity contribution in [1.82, 2.24) is 20.0 Å². The van der Waals surface area contributed by atoms with Crippen LogP contribution in [0.2, 0.25) is 0 Å². The molecule has 1 aliphatic heterocycles. The van der Waals surface area contributed by atoms with E-state index in [1.807, 2.05) is 50.5 Å². The number of rotatable bonds is 7. The molecule has 2 aliphatic rings. The number of nitrogens with one attached hydrogen (secondary N) is 1. The zero-order valence-electron chi connectivity index (χ0n) is 20.3. The van der Waals surface area contributed by atoms with Crippen molar-refractivity contribution in [2.75, 3.05) is 53.9 Å². The Balaban J connectivity index is 1.42. The highest BCUT2D eigenvalue weighted by atomic mass is 16.5. The van der Waals surface area contributed by atoms with E-state index in [4.69, 9.17) is 4.74 Å². The highest BCUT2D eigenvalue weighted by Gasteiger charge is 2.36. The van der Waals surface area contributed by atoms with Crippen molar-refractivity contribution in [1.29, 1.82) is 0 Å². The monoisotopic (exact) mass is 480 g/mol. The van der Waals surface area contributed by atoms with Crippen molar-refractivity contribution >= 4 is 18.0 Å². The van der Waals surface area contributed by atoms with Gasteiger partial charge in [-0.3, -0.25) is 14.5 Å². The number of aliphatic carboxylic acids is 1. The normalized spacial score (nSPS) is 18.6. The van der Waals surface area contributed by atoms with Crippen molar-refractivity contribution in [2.24, 2.45) is 0 Å². The Morgan fingerprint density at radius 2 is 1.66 bits per heavy atom. The van der Waals surface area contributed by atoms with Crippen molar-refractivity contribution in [3.05, 3.63) is 59.7 Å². The lowest BCUT2D eigenvalue weighted by Gasteiger charge is -2.38. The van der Waals surface area contributed by atoms with Gasteiger partial charge in [-0.25, -0.2) is 4.79 Å². The molecule has 1 heterocycles. The number of nitrogens with zero attached hydrogens (tertiary/aromatic N) is 3. The van der Waals surface area contributed by atoms with Crippen LogP contribution in [0.25, 0.3) is 11.1 Å². The fourth-order valence-corrected chi connectivity index (χ4v) is 4.89. The number of ether oxygens (including phenoxy) is 1. The number of hydrogen-bond acceptors (Lipinski definition) is 6. The molecule has 0 spiro atoms. The van der Waals surface area contributed by atoms with E-state index in [1.54, 1.807) is 16.8 Å². The first kappa shape index (κ1) is 24.7. The van der Waals surface area contributed by atoms with Crippen LogP contribution in [0, 0.1) is 0 Å². The summed E-state index contributed by atoms with van der Waals surface area (Å²) in [7, 11) is 5.35. The van der Waals surface area contributed by atoms with Gasteiger partial charge in [-0.05, 0) is 43.4 Å². The second kappa shape index (κ2) is 10.5. The summed E-state index contributed by atoms with van der Waals surface area (Å²) in [4.78, 5) is 42.6. The standard InChI is InChI=1S/C26H32N4O5/c1-28(2)14-22(24(31)30-13-12-29(3)23(15-30)25(32)33)27-26(34)35-16-21-19-10-6-4-8-17(19)18-9-5-7-11-20(18)21/h4-11,21-23H,12-16H2,1-3H3,(H,27,34)(H,32,33)/t22-,23?/m0/s1. The first-order valence-corrected chi connectivity index (χ1v) is 11.7. The lowest BCUT2D eigenvalue weighted by Crippen LogP contribution is -2.61. The smallest absolute Gasteiger partial charge is 0.407 e. The van der Waals surface area contributed by atoms with Gasteiger partial charge in [-0.2, -0.15) is 0 Å². The number of carbonyl (C=O) groups excluding carboxylic acids is 2. The molecule has 0 saturated carbocycles. The van der Waals surface area contributed by atoms with E-state index < -0.39 is 24.1 Å². The third-order valence-electron chi connectivity index (χ3n) is 6.73. The Hall–Kier alpha value is -3.43. The molecule has 4 rings (SSSR count). The van der Waals surface area contributed by atoms with E-state index in [-0.39, 0.29) is 31.5 Å². The number of hydrogen-bond donors (Lipinski definition) is 2. The van der Waals surface area contributed by atoms with E-state index in [0.717, 1.165) is 22.3 Å². The second-order valence-corrected chi connectivity index (χ2v) is 9.40. The zero-order chi connectivity index (χ0) is 25.1. The number of fused-ring (bicyclic) bond motifs is 3. The van der Waals surface area contributed by atoms with Gasteiger partial charge in [0.15, 0.2) is 0 Å². The molecule has 2 atom stereocenters. The Bertz CT molecular complexity index is 1060. The minimum Gasteiger partial charge on any atom is -0.480 e. The summed E-state index contributed by atoms with van der Waals surface area (Å²) in [5.41, 5.74) is 4.50. The summed E-state index contributed by atoms with van der Waals surface area (Å²) < 4.78 is 5.62. The van der Waals surface area contributed by atoms with Gasteiger partial charge in [0.1, 0.15) is 18.7 Å². The SMILES string of the molecule is CN(C)C[C@H](NC(=O)OCC1c2ccccc2-c2ccccc21)C(=O)N1CCN(C)C(C(=O)O)C1. The summed E-state index contributed by atoms with van der Waals surface area (Å²) in [5, 5.41) is 12.2. The van der Waals surface area contributed by atoms with Crippen LogP contribution in [0.3, 0.4) is 0 Å². The molecule has 9 heteroatoms. The average molecular weight is 481 g/mol. The number of piperazine rings is 1. The molecule has 0 aromatic heterocycles. The van der Waals surface area contributed by atoms with Gasteiger partial charge in [0, 0.05) is 32.1 Å². The summed E-state index contributed by atoms with van der Waals surface area (Å²) in [5.74, 6) is -1.37. The molecule has 35 heavy (non-hydrogen) atoms. The van der Waals surface area contributed by atoms with E-state index in [2.05, 4.69) is 17.4 Å². The molecule has 2 aromatic rings. The molecule has 9 nitrogen and oxygen atoms in total. The molecule has 0 radical (unpaired) electrons. The number of carbonyl (C=O) groups is 3. The maximum absolute atomic E-state index is 13.2. The fourth-order valence-electron chi connectivity index (χ4n) is 4.89. The predicted octanol–water partition coefficient (Wildman–Crippen LogP) is 1.68. The van der Waals surface area contributed by atoms with Crippen LogP contribution >= 0.6 is 0 Å². The number of benzene rings is 2. The quantitative estimate of drug-likeness (QED) is 0.622. The fraction of sp³-hybridized carbons (Fsp3) is 0.423. The van der Waals surface area contributed by atoms with Crippen LogP contribution < -0.4 is 5.32 Å². The van der Waals surface area contributed by atoms with Crippen LogP contribution in [-0.2, 0) is 14.3 Å². The van der Waals surface area contributed by atoms with E-state index in [0.29, 0.717) is 13.1 Å². The number of amides is 2. The highest BCUT2D eigenvalue weighted by molar-refractivity contribution is 5.87. The largest absolute Gasteiger partial charge is 0.480 e. The molecule has 0 bridgehead atoms. The van der Waals surface area contributed by atoms with Crippen LogP contribution in [0.5, 0.6) is 0 Å². The van der Waals surface area contributed by atoms with Gasteiger partial charge in [0.25, 0.3) is 0 Å². The van der Waals surface area contributed by atoms with Crippen molar-refractivity contribution in [3.63, 3.8) is 0 Å². The van der Waals surface area contributed by atoms with E-state index in [9.17, 15) is 19.5 Å². The van der Waals surface area contributed by atoms with E-state index >= 15 is 0 Å². The van der Waals surface area contributed by atoms with Crippen LogP contribution in [0.4, 0.5) is 4.79 Å². The second-order valence-electron chi connectivity index (χ2n) is 9.40. The summed E-state index contributed by atoms with van der Waals surface area (Å²) in [6.45, 7) is 1.34. The first-order chi connectivity index (χ1) is 16.8. The van der Waals surface area contributed by atoms with Gasteiger partial charge >= 0.3 is 12.1 Å². The van der Waals surface area contributed by atoms with Gasteiger partial charge < -0.3 is 25.0 Å². The van der Waals surface area contributed by atoms with Gasteiger partial charge in [-0.1, -0.05) is 48.5 Å². The Kier molecular flexibility index (Phi) is 7.37. The summed E-state index contributed by atoms with van der Waals surface area (Å²) in [6, 6.07) is 14.6. The molecule has 2 aromatic carbocycles. The number of alkyl carbamates (subject to hydrolysis) is 1. The zero-order valence-corrected chi connectivity index (χ0v) is 20.3. The predicted molar refractivity (Wildman–Crippen MR) is 131 cm³/mol. The minimum atomic E-state index is -0.973. The Morgan fingerprint density at radius 1 is 1.06 bits per heavy atom. The van der Waals surface area contributed by atoms with Crippen LogP contribution in [0.15, 0.2) is 48.5 Å². The van der Waals surface area contributed by atoms with Gasteiger partial charge in [0.05, 0.1) is 0 Å². The lowest BCUT2D eigenvalue weighted by molar-refractivity contribution is -0.148. The van der Waals surface area contributed by atoms with Gasteiger partial charge in [-0.15, -0.1) is 0 Å². The third kappa shape index (κ3) is 5.31. The van der Waals surface area contributed by atoms with Crippen LogP contribution in [0.1, 0.15) is 17.0 Å². The number of carboxylic acids is 1. The Morgan fingerprint density at radius 3 is 2.23 bits per heavy atom.